The fourth-order valence-corrected chi connectivity index (χ4v) is 2.43. The summed E-state index contributed by atoms with van der Waals surface area (Å²) in [5, 5.41) is 0.293. The van der Waals surface area contributed by atoms with E-state index in [1.165, 1.54) is 6.33 Å². The Morgan fingerprint density at radius 3 is 2.68 bits per heavy atom. The zero-order valence-electron chi connectivity index (χ0n) is 10.5. The number of fused-ring (bicyclic) bond motifs is 1. The van der Waals surface area contributed by atoms with Gasteiger partial charge in [-0.2, -0.15) is 0 Å². The molecule has 0 fully saturated rings. The van der Waals surface area contributed by atoms with Gasteiger partial charge in [0, 0.05) is 20.1 Å². The molecule has 1 aliphatic rings. The van der Waals surface area contributed by atoms with E-state index >= 15 is 0 Å². The molecular formula is C13H14ClN5. The molecule has 0 amide bonds. The van der Waals surface area contributed by atoms with Gasteiger partial charge < -0.3 is 15.5 Å². The topological polar surface area (TPSA) is 58.3 Å². The molecule has 19 heavy (non-hydrogen) atoms. The molecule has 0 spiro atoms. The number of nitrogens with zero attached hydrogens (tertiary/aromatic N) is 4. The molecule has 0 bridgehead atoms. The lowest BCUT2D eigenvalue weighted by Crippen LogP contribution is -2.37. The van der Waals surface area contributed by atoms with Crippen LogP contribution in [0, 0.1) is 0 Å². The Bertz CT molecular complexity index is 616. The number of likely N-dealkylation sites (N-methyl/N-ethyl adjacent to an activating group) is 1. The predicted molar refractivity (Wildman–Crippen MR) is 78.2 cm³/mol. The van der Waals surface area contributed by atoms with Crippen LogP contribution in [0.15, 0.2) is 30.6 Å². The monoisotopic (exact) mass is 275 g/mol. The van der Waals surface area contributed by atoms with Crippen molar-refractivity contribution < 1.29 is 0 Å². The number of halogens is 1. The van der Waals surface area contributed by atoms with E-state index in [-0.39, 0.29) is 0 Å². The van der Waals surface area contributed by atoms with Crippen LogP contribution in [0.5, 0.6) is 0 Å². The molecule has 0 unspecified atom stereocenters. The number of para-hydroxylation sites is 2. The third-order valence-corrected chi connectivity index (χ3v) is 3.61. The third-order valence-electron chi connectivity index (χ3n) is 3.31. The molecule has 2 N–H and O–H groups in total. The van der Waals surface area contributed by atoms with Crippen LogP contribution < -0.4 is 15.5 Å². The van der Waals surface area contributed by atoms with Crippen molar-refractivity contribution in [3.63, 3.8) is 0 Å². The quantitative estimate of drug-likeness (QED) is 0.810. The van der Waals surface area contributed by atoms with Crippen LogP contribution in [0.25, 0.3) is 0 Å². The van der Waals surface area contributed by atoms with E-state index < -0.39 is 0 Å². The molecule has 0 atom stereocenters. The van der Waals surface area contributed by atoms with Crippen LogP contribution in [0.2, 0.25) is 5.15 Å². The van der Waals surface area contributed by atoms with Gasteiger partial charge in [-0.1, -0.05) is 23.7 Å². The third kappa shape index (κ3) is 1.96. The highest BCUT2D eigenvalue weighted by atomic mass is 35.5. The summed E-state index contributed by atoms with van der Waals surface area (Å²) in [6.07, 6.45) is 1.44. The number of rotatable bonds is 1. The van der Waals surface area contributed by atoms with Crippen molar-refractivity contribution in [2.45, 2.75) is 0 Å². The minimum atomic E-state index is 0.293. The maximum absolute atomic E-state index is 5.99. The number of anilines is 4. The Morgan fingerprint density at radius 1 is 1.16 bits per heavy atom. The number of hydrogen-bond acceptors (Lipinski definition) is 5. The lowest BCUT2D eigenvalue weighted by molar-refractivity contribution is 0.812. The molecule has 1 aliphatic heterocycles. The van der Waals surface area contributed by atoms with Crippen LogP contribution in [0.1, 0.15) is 0 Å². The highest BCUT2D eigenvalue weighted by Crippen LogP contribution is 2.38. The second kappa shape index (κ2) is 4.59. The van der Waals surface area contributed by atoms with E-state index in [0.717, 1.165) is 24.5 Å². The second-order valence-electron chi connectivity index (χ2n) is 4.46. The Morgan fingerprint density at radius 2 is 1.89 bits per heavy atom. The van der Waals surface area contributed by atoms with Gasteiger partial charge in [-0.25, -0.2) is 9.97 Å². The maximum Gasteiger partial charge on any atom is 0.161 e. The molecular weight excluding hydrogens is 262 g/mol. The Hall–Kier alpha value is -2.01. The molecule has 98 valence electrons. The zero-order valence-corrected chi connectivity index (χ0v) is 11.3. The van der Waals surface area contributed by atoms with Crippen molar-refractivity contribution in [3.8, 4) is 0 Å². The average molecular weight is 276 g/mol. The highest BCUT2D eigenvalue weighted by molar-refractivity contribution is 6.32. The van der Waals surface area contributed by atoms with E-state index in [9.17, 15) is 0 Å². The van der Waals surface area contributed by atoms with Gasteiger partial charge in [0.25, 0.3) is 0 Å². The Labute approximate surface area is 116 Å². The maximum atomic E-state index is 5.99. The van der Waals surface area contributed by atoms with Crippen molar-refractivity contribution >= 4 is 34.5 Å². The van der Waals surface area contributed by atoms with Crippen molar-refractivity contribution in [2.24, 2.45) is 0 Å². The smallest absolute Gasteiger partial charge is 0.161 e. The lowest BCUT2D eigenvalue weighted by Gasteiger charge is -2.36. The summed E-state index contributed by atoms with van der Waals surface area (Å²) >= 11 is 5.98. The summed E-state index contributed by atoms with van der Waals surface area (Å²) in [4.78, 5) is 12.5. The van der Waals surface area contributed by atoms with Gasteiger partial charge in [0.15, 0.2) is 11.0 Å². The number of benzene rings is 1. The van der Waals surface area contributed by atoms with E-state index in [1.807, 2.05) is 12.1 Å². The summed E-state index contributed by atoms with van der Waals surface area (Å²) in [5.41, 5.74) is 8.65. The molecule has 2 heterocycles. The van der Waals surface area contributed by atoms with Crippen molar-refractivity contribution in [1.82, 2.24) is 9.97 Å². The minimum Gasteiger partial charge on any atom is -0.393 e. The predicted octanol–water partition coefficient (Wildman–Crippen LogP) is 2.30. The SMILES string of the molecule is CN1CCN(c2ncnc(Cl)c2N)c2ccccc21. The van der Waals surface area contributed by atoms with Crippen LogP contribution in [0.4, 0.5) is 22.9 Å². The molecule has 2 aromatic rings. The normalized spacial score (nSPS) is 14.4. The summed E-state index contributed by atoms with van der Waals surface area (Å²) in [7, 11) is 2.08. The molecule has 0 saturated carbocycles. The van der Waals surface area contributed by atoms with Crippen molar-refractivity contribution in [1.29, 1.82) is 0 Å². The van der Waals surface area contributed by atoms with E-state index in [1.54, 1.807) is 0 Å². The standard InChI is InChI=1S/C13H14ClN5/c1-18-6-7-19(10-5-3-2-4-9(10)18)13-11(15)12(14)16-8-17-13/h2-5,8H,6-7,15H2,1H3. The van der Waals surface area contributed by atoms with Crippen LogP contribution >= 0.6 is 11.6 Å². The van der Waals surface area contributed by atoms with Gasteiger partial charge in [0.1, 0.15) is 12.0 Å². The number of nitrogens with two attached hydrogens (primary N) is 1. The van der Waals surface area contributed by atoms with Gasteiger partial charge in [-0.15, -0.1) is 0 Å². The van der Waals surface area contributed by atoms with Gasteiger partial charge >= 0.3 is 0 Å². The second-order valence-corrected chi connectivity index (χ2v) is 4.82. The fourth-order valence-electron chi connectivity index (χ4n) is 2.31. The molecule has 3 rings (SSSR count). The summed E-state index contributed by atoms with van der Waals surface area (Å²) in [6, 6.07) is 8.17. The summed E-state index contributed by atoms with van der Waals surface area (Å²) < 4.78 is 0. The summed E-state index contributed by atoms with van der Waals surface area (Å²) in [5.74, 6) is 0.667. The van der Waals surface area contributed by atoms with Crippen molar-refractivity contribution in [2.75, 3.05) is 35.7 Å². The van der Waals surface area contributed by atoms with Gasteiger partial charge in [-0.05, 0) is 12.1 Å². The summed E-state index contributed by atoms with van der Waals surface area (Å²) in [6.45, 7) is 1.71. The van der Waals surface area contributed by atoms with Crippen molar-refractivity contribution in [3.05, 3.63) is 35.7 Å². The largest absolute Gasteiger partial charge is 0.393 e. The number of nitrogen functional groups attached to an aromatic ring is 1. The van der Waals surface area contributed by atoms with E-state index in [0.29, 0.717) is 16.7 Å². The van der Waals surface area contributed by atoms with Gasteiger partial charge in [0.05, 0.1) is 11.4 Å². The first-order valence-electron chi connectivity index (χ1n) is 6.02. The molecule has 0 aliphatic carbocycles. The van der Waals surface area contributed by atoms with Crippen LogP contribution in [-0.2, 0) is 0 Å². The molecule has 5 nitrogen and oxygen atoms in total. The molecule has 1 aromatic heterocycles. The molecule has 6 heteroatoms. The Balaban J connectivity index is 2.12. The average Bonchev–Trinajstić information content (AvgIpc) is 2.43. The lowest BCUT2D eigenvalue weighted by atomic mass is 10.1. The highest BCUT2D eigenvalue weighted by Gasteiger charge is 2.24. The number of aromatic nitrogens is 2. The molecule has 0 radical (unpaired) electrons. The first-order valence-corrected chi connectivity index (χ1v) is 6.40. The van der Waals surface area contributed by atoms with Crippen LogP contribution in [-0.4, -0.2) is 30.1 Å². The van der Waals surface area contributed by atoms with Gasteiger partial charge in [-0.3, -0.25) is 0 Å². The van der Waals surface area contributed by atoms with Gasteiger partial charge in [0.2, 0.25) is 0 Å². The van der Waals surface area contributed by atoms with Crippen LogP contribution in [0.3, 0.4) is 0 Å². The van der Waals surface area contributed by atoms with E-state index in [2.05, 4.69) is 38.9 Å². The fraction of sp³-hybridized carbons (Fsp3) is 0.231. The zero-order chi connectivity index (χ0) is 13.4. The number of hydrogen-bond donors (Lipinski definition) is 1. The molecule has 1 aromatic carbocycles. The first-order chi connectivity index (χ1) is 9.18. The minimum absolute atomic E-state index is 0.293. The first kappa shape index (κ1) is 12.0. The molecule has 0 saturated heterocycles. The Kier molecular flexibility index (Phi) is 2.91. The van der Waals surface area contributed by atoms with E-state index in [4.69, 9.17) is 17.3 Å².